The largest absolute Gasteiger partial charge is 0.486 e. The standard InChI is InChI=1S/C15H23N3O4/c1-11(2)15(3,10-16)17-14(19)8-9-22-13-7-5-4-6-12(13)18(20)21/h4-7,11H,8-10,16H2,1-3H3,(H,17,19). The smallest absolute Gasteiger partial charge is 0.310 e. The molecule has 1 aromatic carbocycles. The Labute approximate surface area is 130 Å². The van der Waals surface area contributed by atoms with Crippen molar-refractivity contribution in [3.05, 3.63) is 34.4 Å². The molecule has 0 heterocycles. The molecule has 1 atom stereocenters. The van der Waals surface area contributed by atoms with Gasteiger partial charge in [0.2, 0.25) is 5.91 Å². The molecular formula is C15H23N3O4. The molecule has 1 unspecified atom stereocenters. The molecule has 1 aromatic rings. The Balaban J connectivity index is 2.55. The van der Waals surface area contributed by atoms with Crippen LogP contribution in [0.2, 0.25) is 0 Å². The van der Waals surface area contributed by atoms with E-state index in [9.17, 15) is 14.9 Å². The predicted octanol–water partition coefficient (Wildman–Crippen LogP) is 1.85. The van der Waals surface area contributed by atoms with Crippen molar-refractivity contribution in [2.45, 2.75) is 32.7 Å². The summed E-state index contributed by atoms with van der Waals surface area (Å²) in [5, 5.41) is 13.7. The highest BCUT2D eigenvalue weighted by Gasteiger charge is 2.28. The minimum Gasteiger partial charge on any atom is -0.486 e. The number of nitrogens with one attached hydrogen (secondary N) is 1. The second kappa shape index (κ2) is 7.74. The summed E-state index contributed by atoms with van der Waals surface area (Å²) >= 11 is 0. The van der Waals surface area contributed by atoms with Crippen molar-refractivity contribution < 1.29 is 14.5 Å². The van der Waals surface area contributed by atoms with Gasteiger partial charge in [-0.15, -0.1) is 0 Å². The second-order valence-electron chi connectivity index (χ2n) is 5.65. The normalized spacial score (nSPS) is 13.5. The number of benzene rings is 1. The van der Waals surface area contributed by atoms with Crippen molar-refractivity contribution >= 4 is 11.6 Å². The van der Waals surface area contributed by atoms with E-state index in [1.54, 1.807) is 12.1 Å². The van der Waals surface area contributed by atoms with Gasteiger partial charge in [-0.05, 0) is 18.9 Å². The molecule has 122 valence electrons. The maximum Gasteiger partial charge on any atom is 0.310 e. The highest BCUT2D eigenvalue weighted by atomic mass is 16.6. The van der Waals surface area contributed by atoms with E-state index in [0.717, 1.165) is 0 Å². The first-order chi connectivity index (χ1) is 10.3. The van der Waals surface area contributed by atoms with E-state index in [2.05, 4.69) is 5.32 Å². The third kappa shape index (κ3) is 4.70. The van der Waals surface area contributed by atoms with Crippen LogP contribution in [0.15, 0.2) is 24.3 Å². The molecule has 1 rings (SSSR count). The number of para-hydroxylation sites is 2. The van der Waals surface area contributed by atoms with Gasteiger partial charge in [-0.25, -0.2) is 0 Å². The van der Waals surface area contributed by atoms with Crippen LogP contribution in [0.5, 0.6) is 5.75 Å². The summed E-state index contributed by atoms with van der Waals surface area (Å²) in [7, 11) is 0. The summed E-state index contributed by atoms with van der Waals surface area (Å²) in [6, 6.07) is 6.08. The molecule has 0 radical (unpaired) electrons. The third-order valence-corrected chi connectivity index (χ3v) is 3.77. The molecule has 0 aliphatic rings. The van der Waals surface area contributed by atoms with Gasteiger partial charge in [-0.2, -0.15) is 0 Å². The first kappa shape index (κ1) is 17.9. The summed E-state index contributed by atoms with van der Waals surface area (Å²) in [4.78, 5) is 22.3. The van der Waals surface area contributed by atoms with Gasteiger partial charge in [0.05, 0.1) is 23.5 Å². The van der Waals surface area contributed by atoms with Crippen molar-refractivity contribution in [3.8, 4) is 5.75 Å². The van der Waals surface area contributed by atoms with Gasteiger partial charge in [-0.3, -0.25) is 14.9 Å². The minimum atomic E-state index is -0.514. The number of carbonyl (C=O) groups is 1. The highest BCUT2D eigenvalue weighted by molar-refractivity contribution is 5.77. The van der Waals surface area contributed by atoms with Gasteiger partial charge in [0, 0.05) is 12.6 Å². The number of nitro groups is 1. The fourth-order valence-electron chi connectivity index (χ4n) is 1.80. The summed E-state index contributed by atoms with van der Waals surface area (Å²) in [5.41, 5.74) is 5.12. The Hall–Kier alpha value is -2.15. The zero-order valence-corrected chi connectivity index (χ0v) is 13.2. The summed E-state index contributed by atoms with van der Waals surface area (Å²) in [5.74, 6) is 0.156. The summed E-state index contributed by atoms with van der Waals surface area (Å²) in [6.07, 6.45) is 0.106. The van der Waals surface area contributed by atoms with Crippen molar-refractivity contribution in [3.63, 3.8) is 0 Å². The average Bonchev–Trinajstić information content (AvgIpc) is 2.47. The molecule has 3 N–H and O–H groups in total. The number of nitrogens with zero attached hydrogens (tertiary/aromatic N) is 1. The van der Waals surface area contributed by atoms with Gasteiger partial charge in [-0.1, -0.05) is 26.0 Å². The topological polar surface area (TPSA) is 107 Å². The maximum absolute atomic E-state index is 12.0. The van der Waals surface area contributed by atoms with Crippen LogP contribution in [-0.4, -0.2) is 29.5 Å². The molecule has 0 aliphatic heterocycles. The monoisotopic (exact) mass is 309 g/mol. The number of hydrogen-bond donors (Lipinski definition) is 2. The fourth-order valence-corrected chi connectivity index (χ4v) is 1.80. The number of nitrogens with two attached hydrogens (primary N) is 1. The number of hydrogen-bond acceptors (Lipinski definition) is 5. The highest BCUT2D eigenvalue weighted by Crippen LogP contribution is 2.25. The van der Waals surface area contributed by atoms with Crippen LogP contribution >= 0.6 is 0 Å². The van der Waals surface area contributed by atoms with Gasteiger partial charge in [0.1, 0.15) is 0 Å². The first-order valence-electron chi connectivity index (χ1n) is 7.17. The van der Waals surface area contributed by atoms with Crippen LogP contribution in [0.25, 0.3) is 0 Å². The molecule has 22 heavy (non-hydrogen) atoms. The number of rotatable bonds is 8. The van der Waals surface area contributed by atoms with Crippen LogP contribution in [0.4, 0.5) is 5.69 Å². The van der Waals surface area contributed by atoms with E-state index in [1.807, 2.05) is 20.8 Å². The van der Waals surface area contributed by atoms with Crippen molar-refractivity contribution in [2.24, 2.45) is 11.7 Å². The predicted molar refractivity (Wildman–Crippen MR) is 83.6 cm³/mol. The molecule has 7 heteroatoms. The molecule has 0 saturated heterocycles. The van der Waals surface area contributed by atoms with Crippen molar-refractivity contribution in [1.29, 1.82) is 0 Å². The molecule has 0 fully saturated rings. The Kier molecular flexibility index (Phi) is 6.30. The van der Waals surface area contributed by atoms with Crippen LogP contribution in [0.1, 0.15) is 27.2 Å². The lowest BCUT2D eigenvalue weighted by Crippen LogP contribution is -2.55. The van der Waals surface area contributed by atoms with Gasteiger partial charge in [0.25, 0.3) is 0 Å². The zero-order chi connectivity index (χ0) is 16.8. The first-order valence-corrected chi connectivity index (χ1v) is 7.17. The maximum atomic E-state index is 12.0. The average molecular weight is 309 g/mol. The lowest BCUT2D eigenvalue weighted by molar-refractivity contribution is -0.385. The van der Waals surface area contributed by atoms with E-state index >= 15 is 0 Å². The zero-order valence-electron chi connectivity index (χ0n) is 13.2. The Morgan fingerprint density at radius 3 is 2.64 bits per heavy atom. The molecule has 0 aromatic heterocycles. The van der Waals surface area contributed by atoms with Crippen LogP contribution < -0.4 is 15.8 Å². The molecule has 1 amide bonds. The van der Waals surface area contributed by atoms with Crippen molar-refractivity contribution in [1.82, 2.24) is 5.32 Å². The third-order valence-electron chi connectivity index (χ3n) is 3.77. The Bertz CT molecular complexity index is 533. The Morgan fingerprint density at radius 1 is 1.45 bits per heavy atom. The molecule has 7 nitrogen and oxygen atoms in total. The van der Waals surface area contributed by atoms with Gasteiger partial charge < -0.3 is 15.8 Å². The van der Waals surface area contributed by atoms with E-state index in [1.165, 1.54) is 12.1 Å². The minimum absolute atomic E-state index is 0.0649. The number of ether oxygens (including phenoxy) is 1. The summed E-state index contributed by atoms with van der Waals surface area (Å²) in [6.45, 7) is 6.25. The van der Waals surface area contributed by atoms with E-state index in [-0.39, 0.29) is 36.3 Å². The van der Waals surface area contributed by atoms with Crippen LogP contribution in [0.3, 0.4) is 0 Å². The van der Waals surface area contributed by atoms with Gasteiger partial charge in [0.15, 0.2) is 5.75 Å². The second-order valence-corrected chi connectivity index (χ2v) is 5.65. The quantitative estimate of drug-likeness (QED) is 0.563. The molecular weight excluding hydrogens is 286 g/mol. The Morgan fingerprint density at radius 2 is 2.09 bits per heavy atom. The van der Waals surface area contributed by atoms with Gasteiger partial charge >= 0.3 is 5.69 Å². The molecule has 0 saturated carbocycles. The van der Waals surface area contributed by atoms with Crippen LogP contribution in [0, 0.1) is 16.0 Å². The fraction of sp³-hybridized carbons (Fsp3) is 0.533. The van der Waals surface area contributed by atoms with Crippen LogP contribution in [-0.2, 0) is 4.79 Å². The molecule has 0 spiro atoms. The lowest BCUT2D eigenvalue weighted by Gasteiger charge is -2.33. The SMILES string of the molecule is CC(C)C(C)(CN)NC(=O)CCOc1ccccc1[N+](=O)[O-]. The van der Waals surface area contributed by atoms with E-state index in [0.29, 0.717) is 6.54 Å². The number of amides is 1. The summed E-state index contributed by atoms with van der Waals surface area (Å²) < 4.78 is 5.34. The number of carbonyl (C=O) groups excluding carboxylic acids is 1. The van der Waals surface area contributed by atoms with E-state index < -0.39 is 10.5 Å². The van der Waals surface area contributed by atoms with Crippen molar-refractivity contribution in [2.75, 3.05) is 13.2 Å². The number of nitro benzene ring substituents is 1. The molecule has 0 aliphatic carbocycles. The lowest BCUT2D eigenvalue weighted by atomic mass is 9.88. The molecule has 0 bridgehead atoms. The van der Waals surface area contributed by atoms with E-state index in [4.69, 9.17) is 10.5 Å².